The van der Waals surface area contributed by atoms with Crippen LogP contribution in [0.3, 0.4) is 0 Å². The molecule has 0 saturated heterocycles. The number of ether oxygens (including phenoxy) is 1. The molecule has 3 rings (SSSR count). The van der Waals surface area contributed by atoms with Crippen LogP contribution in [0.15, 0.2) is 12.3 Å². The SMILES string of the molecule is CCC(CS(C)(=O)=O)c1cc(-c2nc3c(C)nc(NC)nc3s2)cnc1OC. The number of aryl methyl sites for hydroxylation is 1. The summed E-state index contributed by atoms with van der Waals surface area (Å²) in [7, 11) is 0.168. The number of nitrogens with zero attached hydrogens (tertiary/aromatic N) is 4. The van der Waals surface area contributed by atoms with Crippen LogP contribution in [0.4, 0.5) is 5.95 Å². The summed E-state index contributed by atoms with van der Waals surface area (Å²) < 4.78 is 29.1. The van der Waals surface area contributed by atoms with Crippen LogP contribution in [-0.2, 0) is 9.84 Å². The fraction of sp³-hybridized carbons (Fsp3) is 0.444. The summed E-state index contributed by atoms with van der Waals surface area (Å²) >= 11 is 1.45. The van der Waals surface area contributed by atoms with Gasteiger partial charge in [-0.05, 0) is 19.4 Å². The van der Waals surface area contributed by atoms with Crippen molar-refractivity contribution >= 4 is 37.5 Å². The lowest BCUT2D eigenvalue weighted by molar-refractivity contribution is 0.389. The summed E-state index contributed by atoms with van der Waals surface area (Å²) in [4.78, 5) is 18.7. The van der Waals surface area contributed by atoms with Gasteiger partial charge in [0.05, 0.1) is 18.6 Å². The van der Waals surface area contributed by atoms with Crippen LogP contribution in [0, 0.1) is 6.92 Å². The first-order chi connectivity index (χ1) is 13.3. The van der Waals surface area contributed by atoms with Gasteiger partial charge < -0.3 is 10.1 Å². The van der Waals surface area contributed by atoms with Crippen LogP contribution < -0.4 is 10.1 Å². The van der Waals surface area contributed by atoms with Gasteiger partial charge >= 0.3 is 0 Å². The molecule has 1 N–H and O–H groups in total. The molecular weight excluding hydrogens is 398 g/mol. The zero-order valence-electron chi connectivity index (χ0n) is 16.5. The third kappa shape index (κ3) is 4.22. The molecule has 0 bridgehead atoms. The summed E-state index contributed by atoms with van der Waals surface area (Å²) in [5, 5.41) is 3.70. The lowest BCUT2D eigenvalue weighted by atomic mass is 9.98. The number of fused-ring (bicyclic) bond motifs is 1. The van der Waals surface area contributed by atoms with E-state index in [0.29, 0.717) is 18.2 Å². The maximum absolute atomic E-state index is 11.9. The van der Waals surface area contributed by atoms with Crippen molar-refractivity contribution < 1.29 is 13.2 Å². The zero-order valence-corrected chi connectivity index (χ0v) is 18.1. The Labute approximate surface area is 168 Å². The van der Waals surface area contributed by atoms with Crippen molar-refractivity contribution in [2.24, 2.45) is 0 Å². The molecule has 8 nitrogen and oxygen atoms in total. The molecule has 3 heterocycles. The predicted octanol–water partition coefficient (Wildman–Crippen LogP) is 3.05. The highest BCUT2D eigenvalue weighted by molar-refractivity contribution is 7.90. The Bertz CT molecular complexity index is 1110. The van der Waals surface area contributed by atoms with Crippen LogP contribution in [-0.4, -0.2) is 54.5 Å². The molecule has 0 amide bonds. The van der Waals surface area contributed by atoms with E-state index in [9.17, 15) is 8.42 Å². The Morgan fingerprint density at radius 1 is 1.29 bits per heavy atom. The first-order valence-corrected chi connectivity index (χ1v) is 11.7. The van der Waals surface area contributed by atoms with Crippen LogP contribution in [0.1, 0.15) is 30.5 Å². The molecule has 10 heteroatoms. The smallest absolute Gasteiger partial charge is 0.224 e. The fourth-order valence-electron chi connectivity index (χ4n) is 3.03. The van der Waals surface area contributed by atoms with Crippen LogP contribution >= 0.6 is 11.3 Å². The van der Waals surface area contributed by atoms with E-state index in [1.807, 2.05) is 19.9 Å². The molecule has 3 aromatic rings. The van der Waals surface area contributed by atoms with Gasteiger partial charge in [-0.1, -0.05) is 18.3 Å². The number of anilines is 1. The van der Waals surface area contributed by atoms with Gasteiger partial charge in [-0.15, -0.1) is 0 Å². The van der Waals surface area contributed by atoms with E-state index in [-0.39, 0.29) is 11.7 Å². The number of sulfone groups is 1. The lowest BCUT2D eigenvalue weighted by Gasteiger charge is -2.17. The minimum absolute atomic E-state index is 0.0426. The molecule has 0 spiro atoms. The Balaban J connectivity index is 2.10. The molecule has 1 atom stereocenters. The second kappa shape index (κ2) is 7.96. The van der Waals surface area contributed by atoms with Crippen molar-refractivity contribution in [3.8, 4) is 16.5 Å². The van der Waals surface area contributed by atoms with Gasteiger partial charge in [-0.25, -0.2) is 28.4 Å². The highest BCUT2D eigenvalue weighted by Crippen LogP contribution is 2.35. The molecule has 0 aliphatic heterocycles. The fourth-order valence-corrected chi connectivity index (χ4v) is 5.15. The van der Waals surface area contributed by atoms with E-state index in [4.69, 9.17) is 4.74 Å². The minimum atomic E-state index is -3.14. The molecule has 0 aliphatic carbocycles. The largest absolute Gasteiger partial charge is 0.481 e. The molecule has 1 unspecified atom stereocenters. The van der Waals surface area contributed by atoms with E-state index in [0.717, 1.165) is 32.2 Å². The Morgan fingerprint density at radius 3 is 2.64 bits per heavy atom. The van der Waals surface area contributed by atoms with Crippen LogP contribution in [0.25, 0.3) is 20.9 Å². The number of thiazole rings is 1. The number of aromatic nitrogens is 4. The maximum Gasteiger partial charge on any atom is 0.224 e. The Morgan fingerprint density at radius 2 is 2.04 bits per heavy atom. The first kappa shape index (κ1) is 20.4. The van der Waals surface area contributed by atoms with E-state index in [2.05, 4.69) is 25.3 Å². The van der Waals surface area contributed by atoms with Gasteiger partial charge in [-0.2, -0.15) is 0 Å². The van der Waals surface area contributed by atoms with Gasteiger partial charge in [0.25, 0.3) is 0 Å². The molecular formula is C18H23N5O3S2. The van der Waals surface area contributed by atoms with Crippen molar-refractivity contribution in [1.29, 1.82) is 0 Å². The third-order valence-corrected chi connectivity index (χ3v) is 6.42. The van der Waals surface area contributed by atoms with Gasteiger partial charge in [0.2, 0.25) is 11.8 Å². The van der Waals surface area contributed by atoms with E-state index in [1.165, 1.54) is 24.7 Å². The topological polar surface area (TPSA) is 107 Å². The molecule has 0 fully saturated rings. The summed E-state index contributed by atoms with van der Waals surface area (Å²) in [6, 6.07) is 1.92. The molecule has 0 saturated carbocycles. The van der Waals surface area contributed by atoms with Crippen molar-refractivity contribution in [2.45, 2.75) is 26.2 Å². The maximum atomic E-state index is 11.9. The van der Waals surface area contributed by atoms with E-state index < -0.39 is 9.84 Å². The van der Waals surface area contributed by atoms with Crippen molar-refractivity contribution in [3.05, 3.63) is 23.5 Å². The second-order valence-corrected chi connectivity index (χ2v) is 9.74. The van der Waals surface area contributed by atoms with E-state index in [1.54, 1.807) is 13.2 Å². The van der Waals surface area contributed by atoms with Crippen molar-refractivity contribution in [1.82, 2.24) is 19.9 Å². The number of rotatable bonds is 7. The molecule has 28 heavy (non-hydrogen) atoms. The summed E-state index contributed by atoms with van der Waals surface area (Å²) in [5.74, 6) is 0.826. The van der Waals surface area contributed by atoms with E-state index >= 15 is 0 Å². The van der Waals surface area contributed by atoms with Crippen molar-refractivity contribution in [2.75, 3.05) is 31.5 Å². The van der Waals surface area contributed by atoms with Gasteiger partial charge in [0.15, 0.2) is 0 Å². The summed E-state index contributed by atoms with van der Waals surface area (Å²) in [6.45, 7) is 3.85. The average Bonchev–Trinajstić information content (AvgIpc) is 3.09. The molecule has 0 aliphatic rings. The highest BCUT2D eigenvalue weighted by Gasteiger charge is 2.22. The second-order valence-electron chi connectivity index (χ2n) is 6.58. The molecule has 0 aromatic carbocycles. The number of pyridine rings is 1. The summed E-state index contributed by atoms with van der Waals surface area (Å²) in [5.41, 5.74) is 3.11. The van der Waals surface area contributed by atoms with Gasteiger partial charge in [-0.3, -0.25) is 0 Å². The van der Waals surface area contributed by atoms with Crippen LogP contribution in [0.5, 0.6) is 5.88 Å². The number of hydrogen-bond acceptors (Lipinski definition) is 9. The predicted molar refractivity (Wildman–Crippen MR) is 112 cm³/mol. The average molecular weight is 422 g/mol. The number of hydrogen-bond donors (Lipinski definition) is 1. The monoisotopic (exact) mass is 421 g/mol. The van der Waals surface area contributed by atoms with Gasteiger partial charge in [0.1, 0.15) is 25.2 Å². The lowest BCUT2D eigenvalue weighted by Crippen LogP contribution is -2.14. The Kier molecular flexibility index (Phi) is 5.80. The normalized spacial score (nSPS) is 12.9. The molecule has 0 radical (unpaired) electrons. The quantitative estimate of drug-likeness (QED) is 0.620. The minimum Gasteiger partial charge on any atom is -0.481 e. The van der Waals surface area contributed by atoms with Crippen LogP contribution in [0.2, 0.25) is 0 Å². The molecule has 150 valence electrons. The molecule has 3 aromatic heterocycles. The Hall–Kier alpha value is -2.33. The highest BCUT2D eigenvalue weighted by atomic mass is 32.2. The summed E-state index contributed by atoms with van der Waals surface area (Å²) in [6.07, 6.45) is 3.59. The first-order valence-electron chi connectivity index (χ1n) is 8.80. The third-order valence-electron chi connectivity index (χ3n) is 4.41. The number of methoxy groups -OCH3 is 1. The van der Waals surface area contributed by atoms with Crippen molar-refractivity contribution in [3.63, 3.8) is 0 Å². The van der Waals surface area contributed by atoms with Gasteiger partial charge in [0, 0.05) is 36.5 Å². The number of nitrogens with one attached hydrogen (secondary N) is 1. The standard InChI is InChI=1S/C18H23N5O3S2/c1-6-11(9-28(5,24)25)13-7-12(8-20-15(13)26-4)16-22-14-10(2)21-18(19-3)23-17(14)27-16/h7-8,11H,6,9H2,1-5H3,(H,19,21,23). The zero-order chi connectivity index (χ0) is 20.5.